The molecule has 0 spiro atoms. The van der Waals surface area contributed by atoms with E-state index in [0.717, 1.165) is 12.5 Å². The number of fused-ring (bicyclic) bond motifs is 2. The SMILES string of the molecule is Cn1cc(-c2c(-c3c(CF)nn4c3OCCC4)n(COCC[Si](C)(C)C)c3ncccc23)c(OC(F)F)n1. The van der Waals surface area contributed by atoms with Gasteiger partial charge in [0.2, 0.25) is 11.8 Å². The first-order chi connectivity index (χ1) is 18.2. The van der Waals surface area contributed by atoms with Gasteiger partial charge in [-0.1, -0.05) is 19.6 Å². The van der Waals surface area contributed by atoms with Gasteiger partial charge in [0.15, 0.2) is 0 Å². The van der Waals surface area contributed by atoms with E-state index in [-0.39, 0.29) is 18.3 Å². The molecule has 4 aromatic rings. The van der Waals surface area contributed by atoms with E-state index in [1.807, 2.05) is 10.6 Å². The van der Waals surface area contributed by atoms with Crippen LogP contribution in [0.15, 0.2) is 24.5 Å². The number of aromatic nitrogens is 6. The lowest BCUT2D eigenvalue weighted by atomic mass is 10.0. The fourth-order valence-electron chi connectivity index (χ4n) is 4.69. The molecule has 0 fully saturated rings. The summed E-state index contributed by atoms with van der Waals surface area (Å²) in [6, 6.07) is 4.56. The van der Waals surface area contributed by atoms with Crippen molar-refractivity contribution in [2.24, 2.45) is 7.05 Å². The molecule has 0 saturated heterocycles. The molecule has 0 bridgehead atoms. The summed E-state index contributed by atoms with van der Waals surface area (Å²) in [5.74, 6) is 0.187. The van der Waals surface area contributed by atoms with E-state index in [1.54, 1.807) is 30.2 Å². The summed E-state index contributed by atoms with van der Waals surface area (Å²) >= 11 is 0. The first-order valence-electron chi connectivity index (χ1n) is 12.5. The van der Waals surface area contributed by atoms with Gasteiger partial charge in [0, 0.05) is 58.0 Å². The fourth-order valence-corrected chi connectivity index (χ4v) is 5.44. The maximum absolute atomic E-state index is 14.4. The summed E-state index contributed by atoms with van der Waals surface area (Å²) in [7, 11) is 0.272. The van der Waals surface area contributed by atoms with Crippen LogP contribution >= 0.6 is 0 Å². The van der Waals surface area contributed by atoms with Gasteiger partial charge in [-0.2, -0.15) is 13.9 Å². The Hall–Kier alpha value is -3.32. The van der Waals surface area contributed by atoms with Gasteiger partial charge in [-0.3, -0.25) is 4.68 Å². The van der Waals surface area contributed by atoms with Crippen molar-refractivity contribution < 1.29 is 27.4 Å². The highest BCUT2D eigenvalue weighted by molar-refractivity contribution is 6.76. The molecule has 0 saturated carbocycles. The molecule has 5 rings (SSSR count). The molecule has 1 aliphatic heterocycles. The number of pyridine rings is 1. The van der Waals surface area contributed by atoms with Crippen molar-refractivity contribution >= 4 is 19.1 Å². The molecule has 5 heterocycles. The maximum atomic E-state index is 14.4. The van der Waals surface area contributed by atoms with Gasteiger partial charge in [-0.25, -0.2) is 14.1 Å². The lowest BCUT2D eigenvalue weighted by Crippen LogP contribution is -2.22. The number of nitrogens with zero attached hydrogens (tertiary/aromatic N) is 6. The third kappa shape index (κ3) is 5.04. The fraction of sp³-hybridized carbons (Fsp3) is 0.480. The van der Waals surface area contributed by atoms with Crippen molar-refractivity contribution in [2.75, 3.05) is 13.2 Å². The summed E-state index contributed by atoms with van der Waals surface area (Å²) in [5.41, 5.74) is 2.54. The van der Waals surface area contributed by atoms with Crippen LogP contribution in [-0.2, 0) is 31.7 Å². The average Bonchev–Trinajstić information content (AvgIpc) is 3.51. The second kappa shape index (κ2) is 10.4. The van der Waals surface area contributed by atoms with Crippen LogP contribution in [0.2, 0.25) is 25.7 Å². The van der Waals surface area contributed by atoms with Gasteiger partial charge < -0.3 is 18.8 Å². The van der Waals surface area contributed by atoms with E-state index in [9.17, 15) is 13.2 Å². The number of halogens is 3. The van der Waals surface area contributed by atoms with Gasteiger partial charge in [0.05, 0.1) is 23.4 Å². The summed E-state index contributed by atoms with van der Waals surface area (Å²) in [5, 5.41) is 9.26. The molecule has 13 heteroatoms. The Bertz CT molecular complexity index is 1440. The van der Waals surface area contributed by atoms with E-state index in [4.69, 9.17) is 14.2 Å². The predicted octanol–water partition coefficient (Wildman–Crippen LogP) is 5.47. The quantitative estimate of drug-likeness (QED) is 0.193. The Labute approximate surface area is 219 Å². The Balaban J connectivity index is 1.77. The maximum Gasteiger partial charge on any atom is 0.388 e. The monoisotopic (exact) mass is 548 g/mol. The molecule has 0 aliphatic carbocycles. The van der Waals surface area contributed by atoms with Crippen LogP contribution in [0.5, 0.6) is 11.8 Å². The number of aryl methyl sites for hydroxylation is 2. The molecule has 1 aliphatic rings. The molecular weight excluding hydrogens is 517 g/mol. The van der Waals surface area contributed by atoms with Gasteiger partial charge in [0.1, 0.15) is 24.7 Å². The Morgan fingerprint density at radius 2 is 2.00 bits per heavy atom. The van der Waals surface area contributed by atoms with Crippen LogP contribution in [0.25, 0.3) is 33.4 Å². The first-order valence-corrected chi connectivity index (χ1v) is 16.2. The topological polar surface area (TPSA) is 81.2 Å². The second-order valence-electron chi connectivity index (χ2n) is 10.5. The molecule has 38 heavy (non-hydrogen) atoms. The van der Waals surface area contributed by atoms with E-state index < -0.39 is 21.4 Å². The molecule has 0 radical (unpaired) electrons. The van der Waals surface area contributed by atoms with Crippen molar-refractivity contribution in [3.05, 3.63) is 30.2 Å². The summed E-state index contributed by atoms with van der Waals surface area (Å²) in [6.45, 7) is 4.59. The molecule has 204 valence electrons. The van der Waals surface area contributed by atoms with Gasteiger partial charge in [-0.15, -0.1) is 5.10 Å². The Morgan fingerprint density at radius 3 is 2.74 bits per heavy atom. The lowest BCUT2D eigenvalue weighted by Gasteiger charge is -2.19. The van der Waals surface area contributed by atoms with Crippen molar-refractivity contribution in [3.63, 3.8) is 0 Å². The highest BCUT2D eigenvalue weighted by Gasteiger charge is 2.33. The van der Waals surface area contributed by atoms with E-state index >= 15 is 0 Å². The van der Waals surface area contributed by atoms with Crippen molar-refractivity contribution in [1.82, 2.24) is 29.1 Å². The molecular formula is C25H31F3N6O3Si. The van der Waals surface area contributed by atoms with Crippen LogP contribution < -0.4 is 9.47 Å². The number of hydrogen-bond donors (Lipinski definition) is 0. The number of rotatable bonds is 10. The minimum absolute atomic E-state index is 0.120. The largest absolute Gasteiger partial charge is 0.477 e. The van der Waals surface area contributed by atoms with Crippen LogP contribution in [0.3, 0.4) is 0 Å². The summed E-state index contributed by atoms with van der Waals surface area (Å²) in [4.78, 5) is 4.60. The smallest absolute Gasteiger partial charge is 0.388 e. The highest BCUT2D eigenvalue weighted by Crippen LogP contribution is 2.48. The van der Waals surface area contributed by atoms with Gasteiger partial charge >= 0.3 is 6.61 Å². The summed E-state index contributed by atoms with van der Waals surface area (Å²) in [6.07, 6.45) is 3.99. The zero-order chi connectivity index (χ0) is 27.0. The Morgan fingerprint density at radius 1 is 1.18 bits per heavy atom. The third-order valence-electron chi connectivity index (χ3n) is 6.39. The van der Waals surface area contributed by atoms with Crippen LogP contribution in [0.1, 0.15) is 12.1 Å². The average molecular weight is 549 g/mol. The zero-order valence-corrected chi connectivity index (χ0v) is 22.9. The molecule has 0 atom stereocenters. The molecule has 4 aromatic heterocycles. The molecule has 0 aromatic carbocycles. The van der Waals surface area contributed by atoms with Crippen molar-refractivity contribution in [3.8, 4) is 34.1 Å². The van der Waals surface area contributed by atoms with Crippen molar-refractivity contribution in [2.45, 2.75) is 58.7 Å². The standard InChI is InChI=1S/C25H31F3N6O3Si/c1-32-14-17(23(31-32)37-25(27)28)19-16-7-5-8-29-22(16)33(15-35-11-12-38(2,3)4)21(19)20-18(13-26)30-34-9-6-10-36-24(20)34/h5,7-8,14,25H,6,9-13,15H2,1-4H3. The molecule has 9 nitrogen and oxygen atoms in total. The minimum atomic E-state index is -3.07. The van der Waals surface area contributed by atoms with E-state index in [1.165, 1.54) is 4.68 Å². The number of ether oxygens (including phenoxy) is 3. The van der Waals surface area contributed by atoms with Gasteiger partial charge in [0.25, 0.3) is 0 Å². The van der Waals surface area contributed by atoms with Crippen LogP contribution in [0, 0.1) is 0 Å². The number of hydrogen-bond acceptors (Lipinski definition) is 6. The third-order valence-corrected chi connectivity index (χ3v) is 8.10. The normalized spacial score (nSPS) is 13.8. The minimum Gasteiger partial charge on any atom is -0.477 e. The van der Waals surface area contributed by atoms with Crippen LogP contribution in [0.4, 0.5) is 13.2 Å². The first kappa shape index (κ1) is 26.3. The second-order valence-corrected chi connectivity index (χ2v) is 16.1. The lowest BCUT2D eigenvalue weighted by molar-refractivity contribution is -0.0527. The Kier molecular flexibility index (Phi) is 7.23. The van der Waals surface area contributed by atoms with E-state index in [0.29, 0.717) is 59.1 Å². The molecule has 0 amide bonds. The predicted molar refractivity (Wildman–Crippen MR) is 139 cm³/mol. The van der Waals surface area contributed by atoms with Crippen LogP contribution in [-0.4, -0.2) is 57.0 Å². The van der Waals surface area contributed by atoms with Crippen molar-refractivity contribution in [1.29, 1.82) is 0 Å². The molecule has 0 N–H and O–H groups in total. The summed E-state index contributed by atoms with van der Waals surface area (Å²) < 4.78 is 63.0. The number of alkyl halides is 3. The van der Waals surface area contributed by atoms with E-state index in [2.05, 4.69) is 34.8 Å². The highest BCUT2D eigenvalue weighted by atomic mass is 28.3. The molecule has 0 unspecified atom stereocenters. The zero-order valence-electron chi connectivity index (χ0n) is 21.9. The van der Waals surface area contributed by atoms with Gasteiger partial charge in [-0.05, 0) is 18.2 Å².